The second kappa shape index (κ2) is 10.5. The average molecular weight is 406 g/mol. The van der Waals surface area contributed by atoms with Crippen molar-refractivity contribution in [3.8, 4) is 11.5 Å². The van der Waals surface area contributed by atoms with Crippen LogP contribution in [0.5, 0.6) is 11.5 Å². The molecule has 0 saturated heterocycles. The van der Waals surface area contributed by atoms with Crippen LogP contribution in [0.2, 0.25) is 0 Å². The highest BCUT2D eigenvalue weighted by atomic mass is 79.9. The van der Waals surface area contributed by atoms with Crippen molar-refractivity contribution < 1.29 is 9.47 Å². The average Bonchev–Trinajstić information content (AvgIpc) is 2.61. The second-order valence-electron chi connectivity index (χ2n) is 6.26. The summed E-state index contributed by atoms with van der Waals surface area (Å²) in [5.74, 6) is 1.52. The van der Waals surface area contributed by atoms with Crippen molar-refractivity contribution >= 4 is 15.9 Å². The molecule has 0 aliphatic carbocycles. The van der Waals surface area contributed by atoms with Crippen LogP contribution in [0.1, 0.15) is 42.9 Å². The molecular formula is C21H28BrNO2. The Balaban J connectivity index is 2.00. The van der Waals surface area contributed by atoms with Gasteiger partial charge >= 0.3 is 0 Å². The number of halogens is 1. The van der Waals surface area contributed by atoms with E-state index < -0.39 is 0 Å². The van der Waals surface area contributed by atoms with Gasteiger partial charge in [0.2, 0.25) is 0 Å². The zero-order chi connectivity index (χ0) is 18.1. The summed E-state index contributed by atoms with van der Waals surface area (Å²) in [6.45, 7) is 6.69. The molecule has 1 N–H and O–H groups in total. The predicted molar refractivity (Wildman–Crippen MR) is 107 cm³/mol. The zero-order valence-corrected chi connectivity index (χ0v) is 17.0. The van der Waals surface area contributed by atoms with Crippen molar-refractivity contribution in [2.24, 2.45) is 0 Å². The molecule has 0 amide bonds. The van der Waals surface area contributed by atoms with E-state index in [9.17, 15) is 0 Å². The fourth-order valence-corrected chi connectivity index (χ4v) is 3.13. The summed E-state index contributed by atoms with van der Waals surface area (Å²) in [5.41, 5.74) is 3.56. The molecule has 25 heavy (non-hydrogen) atoms. The lowest BCUT2D eigenvalue weighted by Gasteiger charge is -2.15. The van der Waals surface area contributed by atoms with E-state index in [1.807, 2.05) is 12.1 Å². The summed E-state index contributed by atoms with van der Waals surface area (Å²) >= 11 is 3.66. The maximum atomic E-state index is 5.99. The Morgan fingerprint density at radius 3 is 2.64 bits per heavy atom. The second-order valence-corrected chi connectivity index (χ2v) is 7.11. The third-order valence-corrected chi connectivity index (χ3v) is 4.82. The van der Waals surface area contributed by atoms with E-state index in [1.165, 1.54) is 30.4 Å². The number of methoxy groups -OCH3 is 1. The highest BCUT2D eigenvalue weighted by molar-refractivity contribution is 9.10. The van der Waals surface area contributed by atoms with E-state index in [-0.39, 0.29) is 0 Å². The molecule has 0 unspecified atom stereocenters. The first-order chi connectivity index (χ1) is 12.1. The molecule has 0 heterocycles. The van der Waals surface area contributed by atoms with Crippen molar-refractivity contribution in [2.45, 2.75) is 46.3 Å². The van der Waals surface area contributed by atoms with Crippen LogP contribution in [0.25, 0.3) is 0 Å². The fraction of sp³-hybridized carbons (Fsp3) is 0.429. The number of nitrogens with one attached hydrogen (secondary N) is 1. The summed E-state index contributed by atoms with van der Waals surface area (Å²) in [7, 11) is 1.68. The first kappa shape index (κ1) is 19.8. The smallest absolute Gasteiger partial charge is 0.162 e. The van der Waals surface area contributed by atoms with Gasteiger partial charge in [0.1, 0.15) is 6.61 Å². The van der Waals surface area contributed by atoms with Crippen LogP contribution < -0.4 is 14.8 Å². The Morgan fingerprint density at radius 2 is 1.92 bits per heavy atom. The molecule has 0 aliphatic heterocycles. The predicted octanol–water partition coefficient (Wildman–Crippen LogP) is 5.62. The Labute approximate surface area is 159 Å². The maximum absolute atomic E-state index is 5.99. The van der Waals surface area contributed by atoms with Crippen LogP contribution in [0, 0.1) is 6.92 Å². The SMILES string of the molecule is CCCCCNCc1cc(OC)c(OCc2cccc(C)c2)cc1Br. The number of unbranched alkanes of at least 4 members (excludes halogenated alkanes) is 2. The molecule has 2 aromatic carbocycles. The van der Waals surface area contributed by atoms with Gasteiger partial charge in [-0.05, 0) is 43.1 Å². The number of benzene rings is 2. The highest BCUT2D eigenvalue weighted by Crippen LogP contribution is 2.34. The molecule has 0 bridgehead atoms. The van der Waals surface area contributed by atoms with Gasteiger partial charge in [0.25, 0.3) is 0 Å². The lowest BCUT2D eigenvalue weighted by molar-refractivity contribution is 0.284. The van der Waals surface area contributed by atoms with Gasteiger partial charge < -0.3 is 14.8 Å². The Hall–Kier alpha value is -1.52. The topological polar surface area (TPSA) is 30.5 Å². The molecular weight excluding hydrogens is 378 g/mol. The minimum absolute atomic E-state index is 0.527. The van der Waals surface area contributed by atoms with E-state index in [4.69, 9.17) is 9.47 Å². The summed E-state index contributed by atoms with van der Waals surface area (Å²) in [6, 6.07) is 12.4. The van der Waals surface area contributed by atoms with Gasteiger partial charge in [-0.1, -0.05) is 65.5 Å². The molecule has 0 saturated carbocycles. The maximum Gasteiger partial charge on any atom is 0.162 e. The molecule has 0 radical (unpaired) electrons. The van der Waals surface area contributed by atoms with Crippen molar-refractivity contribution in [1.82, 2.24) is 5.32 Å². The lowest BCUT2D eigenvalue weighted by atomic mass is 10.1. The van der Waals surface area contributed by atoms with Gasteiger partial charge in [0, 0.05) is 11.0 Å². The quantitative estimate of drug-likeness (QED) is 0.519. The molecule has 3 nitrogen and oxygen atoms in total. The van der Waals surface area contributed by atoms with Crippen LogP contribution in [0.15, 0.2) is 40.9 Å². The standard InChI is InChI=1S/C21H28BrNO2/c1-4-5-6-10-23-14-18-12-20(24-3)21(13-19(18)22)25-15-17-9-7-8-16(2)11-17/h7-9,11-13,23H,4-6,10,14-15H2,1-3H3. The van der Waals surface area contributed by atoms with E-state index in [1.54, 1.807) is 7.11 Å². The summed E-state index contributed by atoms with van der Waals surface area (Å²) in [5, 5.41) is 3.49. The van der Waals surface area contributed by atoms with Crippen molar-refractivity contribution in [3.05, 3.63) is 57.6 Å². The van der Waals surface area contributed by atoms with Crippen molar-refractivity contribution in [3.63, 3.8) is 0 Å². The normalized spacial score (nSPS) is 10.7. The molecule has 0 aliphatic rings. The van der Waals surface area contributed by atoms with E-state index in [2.05, 4.69) is 59.4 Å². The fourth-order valence-electron chi connectivity index (χ4n) is 2.67. The zero-order valence-electron chi connectivity index (χ0n) is 15.4. The van der Waals surface area contributed by atoms with Crippen LogP contribution in [0.4, 0.5) is 0 Å². The number of aryl methyl sites for hydroxylation is 1. The molecule has 2 aromatic rings. The number of hydrogen-bond donors (Lipinski definition) is 1. The monoisotopic (exact) mass is 405 g/mol. The van der Waals surface area contributed by atoms with Gasteiger partial charge in [0.05, 0.1) is 7.11 Å². The van der Waals surface area contributed by atoms with Gasteiger partial charge in [0.15, 0.2) is 11.5 Å². The molecule has 0 spiro atoms. The van der Waals surface area contributed by atoms with Gasteiger partial charge in [-0.2, -0.15) is 0 Å². The van der Waals surface area contributed by atoms with E-state index >= 15 is 0 Å². The molecule has 0 aromatic heterocycles. The lowest BCUT2D eigenvalue weighted by Crippen LogP contribution is -2.15. The minimum atomic E-state index is 0.527. The van der Waals surface area contributed by atoms with Crippen LogP contribution in [-0.4, -0.2) is 13.7 Å². The van der Waals surface area contributed by atoms with E-state index in [0.29, 0.717) is 6.61 Å². The van der Waals surface area contributed by atoms with Crippen LogP contribution >= 0.6 is 15.9 Å². The summed E-state index contributed by atoms with van der Waals surface area (Å²) < 4.78 is 12.5. The molecule has 2 rings (SSSR count). The first-order valence-corrected chi connectivity index (χ1v) is 9.68. The number of rotatable bonds is 10. The van der Waals surface area contributed by atoms with Crippen LogP contribution in [-0.2, 0) is 13.2 Å². The van der Waals surface area contributed by atoms with E-state index in [0.717, 1.165) is 34.6 Å². The van der Waals surface area contributed by atoms with Gasteiger partial charge in [-0.15, -0.1) is 0 Å². The Bertz CT molecular complexity index is 673. The highest BCUT2D eigenvalue weighted by Gasteiger charge is 2.10. The van der Waals surface area contributed by atoms with Crippen molar-refractivity contribution in [1.29, 1.82) is 0 Å². The Kier molecular flexibility index (Phi) is 8.29. The summed E-state index contributed by atoms with van der Waals surface area (Å²) in [4.78, 5) is 0. The van der Waals surface area contributed by atoms with Crippen molar-refractivity contribution in [2.75, 3.05) is 13.7 Å². The molecule has 4 heteroatoms. The first-order valence-electron chi connectivity index (χ1n) is 8.89. The van der Waals surface area contributed by atoms with Crippen LogP contribution in [0.3, 0.4) is 0 Å². The summed E-state index contributed by atoms with van der Waals surface area (Å²) in [6.07, 6.45) is 3.72. The number of ether oxygens (including phenoxy) is 2. The van der Waals surface area contributed by atoms with Gasteiger partial charge in [-0.25, -0.2) is 0 Å². The third kappa shape index (κ3) is 6.37. The molecule has 0 atom stereocenters. The largest absolute Gasteiger partial charge is 0.493 e. The minimum Gasteiger partial charge on any atom is -0.493 e. The third-order valence-electron chi connectivity index (χ3n) is 4.08. The molecule has 136 valence electrons. The number of hydrogen-bond acceptors (Lipinski definition) is 3. The van der Waals surface area contributed by atoms with Gasteiger partial charge in [-0.3, -0.25) is 0 Å². The Morgan fingerprint density at radius 1 is 1.08 bits per heavy atom. The molecule has 0 fully saturated rings.